The van der Waals surface area contributed by atoms with Gasteiger partial charge in [0, 0.05) is 10.8 Å². The van der Waals surface area contributed by atoms with Crippen molar-refractivity contribution in [2.45, 2.75) is 0 Å². The van der Waals surface area contributed by atoms with Gasteiger partial charge < -0.3 is 4.42 Å². The third kappa shape index (κ3) is 3.36. The minimum Gasteiger partial charge on any atom is -0.456 e. The summed E-state index contributed by atoms with van der Waals surface area (Å²) in [5.74, 6) is 0. The van der Waals surface area contributed by atoms with E-state index >= 15 is 0 Å². The van der Waals surface area contributed by atoms with Crippen molar-refractivity contribution in [2.24, 2.45) is 0 Å². The number of hydrogen-bond donors (Lipinski definition) is 0. The third-order valence-corrected chi connectivity index (χ3v) is 8.59. The van der Waals surface area contributed by atoms with Crippen molar-refractivity contribution in [1.82, 2.24) is 0 Å². The predicted molar refractivity (Wildman–Crippen MR) is 175 cm³/mol. The Morgan fingerprint density at radius 3 is 1.24 bits per heavy atom. The van der Waals surface area contributed by atoms with Gasteiger partial charge in [-0.2, -0.15) is 0 Å². The fourth-order valence-corrected chi connectivity index (χ4v) is 6.74. The lowest BCUT2D eigenvalue weighted by molar-refractivity contribution is 0.669. The van der Waals surface area contributed by atoms with Crippen LogP contribution in [0, 0.1) is 0 Å². The molecule has 0 aliphatic rings. The summed E-state index contributed by atoms with van der Waals surface area (Å²) in [6.45, 7) is 0. The van der Waals surface area contributed by atoms with E-state index in [1.807, 2.05) is 0 Å². The molecule has 0 aliphatic heterocycles. The third-order valence-electron chi connectivity index (χ3n) is 8.59. The van der Waals surface area contributed by atoms with Gasteiger partial charge in [-0.05, 0) is 102 Å². The fraction of sp³-hybridized carbons (Fsp3) is 0. The van der Waals surface area contributed by atoms with Gasteiger partial charge >= 0.3 is 0 Å². The lowest BCUT2D eigenvalue weighted by Gasteiger charge is -2.12. The van der Waals surface area contributed by atoms with Crippen LogP contribution in [-0.2, 0) is 0 Å². The van der Waals surface area contributed by atoms with Crippen LogP contribution in [0.5, 0.6) is 0 Å². The van der Waals surface area contributed by atoms with Crippen LogP contribution in [-0.4, -0.2) is 0 Å². The molecular weight excluding hydrogens is 496 g/mol. The van der Waals surface area contributed by atoms with E-state index in [1.165, 1.54) is 65.3 Å². The number of benzene rings is 8. The smallest absolute Gasteiger partial charge is 0.136 e. The molecule has 0 aliphatic carbocycles. The van der Waals surface area contributed by atoms with Crippen molar-refractivity contribution in [3.8, 4) is 22.3 Å². The molecule has 0 saturated heterocycles. The van der Waals surface area contributed by atoms with Crippen molar-refractivity contribution >= 4 is 65.0 Å². The van der Waals surface area contributed by atoms with Gasteiger partial charge in [-0.3, -0.25) is 0 Å². The molecule has 1 nitrogen and oxygen atoms in total. The molecule has 1 heteroatoms. The Kier molecular flexibility index (Phi) is 4.67. The molecule has 0 radical (unpaired) electrons. The molecule has 0 atom stereocenters. The minimum absolute atomic E-state index is 0.910. The van der Waals surface area contributed by atoms with E-state index in [4.69, 9.17) is 4.42 Å². The molecule has 1 heterocycles. The summed E-state index contributed by atoms with van der Waals surface area (Å²) in [4.78, 5) is 0. The van der Waals surface area contributed by atoms with E-state index in [-0.39, 0.29) is 0 Å². The lowest BCUT2D eigenvalue weighted by atomic mass is 9.91. The van der Waals surface area contributed by atoms with Crippen LogP contribution in [0.2, 0.25) is 0 Å². The SMILES string of the molecule is c1ccc2c(-c3ccc4c(c3)oc3ccc(-c5c6ccccc6cc6ccccc56)cc34)c3ccccc3cc2c1. The Morgan fingerprint density at radius 2 is 0.732 bits per heavy atom. The first kappa shape index (κ1) is 22.4. The molecule has 8 aromatic carbocycles. The summed E-state index contributed by atoms with van der Waals surface area (Å²) in [5.41, 5.74) is 6.72. The zero-order valence-corrected chi connectivity index (χ0v) is 22.3. The Morgan fingerprint density at radius 1 is 0.293 bits per heavy atom. The molecule has 0 saturated carbocycles. The Balaban J connectivity index is 1.29. The van der Waals surface area contributed by atoms with E-state index < -0.39 is 0 Å². The topological polar surface area (TPSA) is 13.1 Å². The average Bonchev–Trinajstić information content (AvgIpc) is 3.39. The second kappa shape index (κ2) is 8.55. The van der Waals surface area contributed by atoms with E-state index in [0.717, 1.165) is 21.9 Å². The summed E-state index contributed by atoms with van der Waals surface area (Å²) in [7, 11) is 0. The molecule has 0 spiro atoms. The van der Waals surface area contributed by atoms with Gasteiger partial charge in [-0.25, -0.2) is 0 Å². The van der Waals surface area contributed by atoms with E-state index in [9.17, 15) is 0 Å². The molecule has 1 aromatic heterocycles. The summed E-state index contributed by atoms with van der Waals surface area (Å²) in [6, 6.07) is 52.6. The highest BCUT2D eigenvalue weighted by molar-refractivity contribution is 6.16. The van der Waals surface area contributed by atoms with Crippen LogP contribution < -0.4 is 0 Å². The summed E-state index contributed by atoms with van der Waals surface area (Å²) in [6.07, 6.45) is 0. The summed E-state index contributed by atoms with van der Waals surface area (Å²) >= 11 is 0. The van der Waals surface area contributed by atoms with Crippen LogP contribution in [0.4, 0.5) is 0 Å². The molecule has 0 N–H and O–H groups in total. The molecule has 0 fully saturated rings. The van der Waals surface area contributed by atoms with Gasteiger partial charge in [-0.15, -0.1) is 0 Å². The number of fused-ring (bicyclic) bond motifs is 7. The van der Waals surface area contributed by atoms with Crippen molar-refractivity contribution in [1.29, 1.82) is 0 Å². The maximum Gasteiger partial charge on any atom is 0.136 e. The zero-order valence-electron chi connectivity index (χ0n) is 22.3. The van der Waals surface area contributed by atoms with Crippen LogP contribution in [0.25, 0.3) is 87.3 Å². The van der Waals surface area contributed by atoms with Crippen molar-refractivity contribution in [2.75, 3.05) is 0 Å². The molecule has 9 rings (SSSR count). The van der Waals surface area contributed by atoms with E-state index in [0.29, 0.717) is 0 Å². The quantitative estimate of drug-likeness (QED) is 0.207. The van der Waals surface area contributed by atoms with Crippen LogP contribution in [0.1, 0.15) is 0 Å². The second-order valence-corrected chi connectivity index (χ2v) is 10.9. The monoisotopic (exact) mass is 520 g/mol. The molecule has 190 valence electrons. The van der Waals surface area contributed by atoms with Crippen LogP contribution in [0.3, 0.4) is 0 Å². The Hall–Kier alpha value is -5.40. The maximum atomic E-state index is 6.50. The fourth-order valence-electron chi connectivity index (χ4n) is 6.74. The summed E-state index contributed by atoms with van der Waals surface area (Å²) in [5, 5.41) is 12.3. The molecule has 0 amide bonds. The first-order chi connectivity index (χ1) is 20.3. The van der Waals surface area contributed by atoms with Gasteiger partial charge in [0.1, 0.15) is 11.2 Å². The zero-order chi connectivity index (χ0) is 26.9. The highest BCUT2D eigenvalue weighted by Crippen LogP contribution is 2.42. The summed E-state index contributed by atoms with van der Waals surface area (Å²) < 4.78 is 6.50. The molecular formula is C40H24O. The van der Waals surface area contributed by atoms with Gasteiger partial charge in [-0.1, -0.05) is 109 Å². The minimum atomic E-state index is 0.910. The Labute approximate surface area is 236 Å². The molecule has 0 bridgehead atoms. The number of rotatable bonds is 2. The van der Waals surface area contributed by atoms with Gasteiger partial charge in [0.05, 0.1) is 0 Å². The highest BCUT2D eigenvalue weighted by Gasteiger charge is 2.15. The van der Waals surface area contributed by atoms with Gasteiger partial charge in [0.15, 0.2) is 0 Å². The normalized spacial score (nSPS) is 11.9. The lowest BCUT2D eigenvalue weighted by Crippen LogP contribution is -1.86. The first-order valence-electron chi connectivity index (χ1n) is 14.1. The van der Waals surface area contributed by atoms with Crippen molar-refractivity contribution in [3.05, 3.63) is 146 Å². The molecule has 41 heavy (non-hydrogen) atoms. The van der Waals surface area contributed by atoms with Crippen molar-refractivity contribution in [3.63, 3.8) is 0 Å². The van der Waals surface area contributed by atoms with Gasteiger partial charge in [0.2, 0.25) is 0 Å². The standard InChI is InChI=1S/C40H24O/c1-5-13-31-25(9-1)21-26-10-2-6-14-32(26)39(31)29-18-20-37-36(23-29)35-19-17-30(24-38(35)41-37)40-33-15-7-3-11-27(33)22-28-12-4-8-16-34(28)40/h1-24H. The first-order valence-corrected chi connectivity index (χ1v) is 14.1. The predicted octanol–water partition coefficient (Wildman–Crippen LogP) is 11.5. The average molecular weight is 521 g/mol. The molecule has 9 aromatic rings. The van der Waals surface area contributed by atoms with Crippen molar-refractivity contribution < 1.29 is 4.42 Å². The second-order valence-electron chi connectivity index (χ2n) is 10.9. The Bertz CT molecular complexity index is 2370. The van der Waals surface area contributed by atoms with Crippen LogP contribution >= 0.6 is 0 Å². The van der Waals surface area contributed by atoms with Gasteiger partial charge in [0.25, 0.3) is 0 Å². The van der Waals surface area contributed by atoms with E-state index in [2.05, 4.69) is 146 Å². The highest BCUT2D eigenvalue weighted by atomic mass is 16.3. The molecule has 0 unspecified atom stereocenters. The number of hydrogen-bond acceptors (Lipinski definition) is 1. The maximum absolute atomic E-state index is 6.50. The largest absolute Gasteiger partial charge is 0.456 e. The number of furan rings is 1. The van der Waals surface area contributed by atoms with E-state index in [1.54, 1.807) is 0 Å². The van der Waals surface area contributed by atoms with Crippen LogP contribution in [0.15, 0.2) is 150 Å².